The zero-order valence-corrected chi connectivity index (χ0v) is 13.0. The van der Waals surface area contributed by atoms with Crippen LogP contribution < -0.4 is 5.73 Å². The number of hydrogen-bond acceptors (Lipinski definition) is 5. The van der Waals surface area contributed by atoms with Gasteiger partial charge in [0.1, 0.15) is 0 Å². The van der Waals surface area contributed by atoms with E-state index in [1.807, 2.05) is 16.8 Å². The van der Waals surface area contributed by atoms with E-state index in [4.69, 9.17) is 10.5 Å². The summed E-state index contributed by atoms with van der Waals surface area (Å²) in [5.74, 6) is -0.0262. The van der Waals surface area contributed by atoms with Crippen molar-refractivity contribution in [3.05, 3.63) is 22.4 Å². The summed E-state index contributed by atoms with van der Waals surface area (Å²) < 4.78 is 4.94. The van der Waals surface area contributed by atoms with E-state index in [0.29, 0.717) is 39.2 Å². The molecule has 21 heavy (non-hydrogen) atoms. The van der Waals surface area contributed by atoms with E-state index in [1.54, 1.807) is 16.9 Å². The first kappa shape index (κ1) is 15.9. The standard InChI is InChI=1S/C14H21N3O3S/c1-20-8-2-12(15)14(19)17-6-4-16(5-7-17)13(18)11-3-9-21-10-11/h3,9-10,12H,2,4-8,15H2,1H3. The first-order chi connectivity index (χ1) is 10.1. The zero-order chi connectivity index (χ0) is 15.2. The molecule has 1 aromatic rings. The number of carbonyl (C=O) groups is 2. The molecule has 0 saturated carbocycles. The van der Waals surface area contributed by atoms with Gasteiger partial charge in [-0.05, 0) is 17.9 Å². The van der Waals surface area contributed by atoms with E-state index < -0.39 is 6.04 Å². The van der Waals surface area contributed by atoms with Crippen LogP contribution in [0.1, 0.15) is 16.8 Å². The van der Waals surface area contributed by atoms with Crippen LogP contribution in [0.15, 0.2) is 16.8 Å². The van der Waals surface area contributed by atoms with E-state index >= 15 is 0 Å². The van der Waals surface area contributed by atoms with Gasteiger partial charge in [0.2, 0.25) is 5.91 Å². The molecule has 2 heterocycles. The Labute approximate surface area is 128 Å². The fourth-order valence-electron chi connectivity index (χ4n) is 2.30. The van der Waals surface area contributed by atoms with Crippen molar-refractivity contribution in [3.8, 4) is 0 Å². The zero-order valence-electron chi connectivity index (χ0n) is 12.2. The molecule has 0 bridgehead atoms. The Morgan fingerprint density at radius 3 is 2.57 bits per heavy atom. The van der Waals surface area contributed by atoms with Gasteiger partial charge in [-0.3, -0.25) is 9.59 Å². The number of nitrogens with two attached hydrogens (primary N) is 1. The molecule has 0 radical (unpaired) electrons. The van der Waals surface area contributed by atoms with Crippen LogP contribution in [0.5, 0.6) is 0 Å². The Bertz CT molecular complexity index is 470. The highest BCUT2D eigenvalue weighted by molar-refractivity contribution is 7.08. The van der Waals surface area contributed by atoms with Gasteiger partial charge in [-0.15, -0.1) is 0 Å². The van der Waals surface area contributed by atoms with Crippen LogP contribution in [-0.2, 0) is 9.53 Å². The predicted octanol–water partition coefficient (Wildman–Crippen LogP) is 0.396. The minimum atomic E-state index is -0.524. The fourth-order valence-corrected chi connectivity index (χ4v) is 2.93. The summed E-state index contributed by atoms with van der Waals surface area (Å²) in [6, 6.07) is 1.30. The average Bonchev–Trinajstić information content (AvgIpc) is 3.05. The van der Waals surface area contributed by atoms with Gasteiger partial charge in [0.15, 0.2) is 0 Å². The van der Waals surface area contributed by atoms with Crippen molar-refractivity contribution in [2.24, 2.45) is 5.73 Å². The maximum atomic E-state index is 12.2. The van der Waals surface area contributed by atoms with Crippen LogP contribution in [0.3, 0.4) is 0 Å². The number of rotatable bonds is 5. The molecular weight excluding hydrogens is 290 g/mol. The molecule has 2 N–H and O–H groups in total. The van der Waals surface area contributed by atoms with Crippen LogP contribution in [0.25, 0.3) is 0 Å². The molecule has 1 atom stereocenters. The minimum absolute atomic E-state index is 0.0343. The average molecular weight is 311 g/mol. The summed E-state index contributed by atoms with van der Waals surface area (Å²) in [5, 5.41) is 3.74. The molecule has 1 fully saturated rings. The molecule has 1 aromatic heterocycles. The van der Waals surface area contributed by atoms with Crippen molar-refractivity contribution < 1.29 is 14.3 Å². The Hall–Kier alpha value is -1.44. The van der Waals surface area contributed by atoms with E-state index in [0.717, 1.165) is 5.56 Å². The van der Waals surface area contributed by atoms with E-state index in [9.17, 15) is 9.59 Å². The number of amides is 2. The van der Waals surface area contributed by atoms with Crippen LogP contribution in [0.4, 0.5) is 0 Å². The van der Waals surface area contributed by atoms with Crippen molar-refractivity contribution in [1.82, 2.24) is 9.80 Å². The fraction of sp³-hybridized carbons (Fsp3) is 0.571. The van der Waals surface area contributed by atoms with Gasteiger partial charge in [-0.1, -0.05) is 0 Å². The van der Waals surface area contributed by atoms with Crippen LogP contribution in [-0.4, -0.2) is 67.6 Å². The lowest BCUT2D eigenvalue weighted by Gasteiger charge is -2.35. The Morgan fingerprint density at radius 1 is 1.33 bits per heavy atom. The SMILES string of the molecule is COCCC(N)C(=O)N1CCN(C(=O)c2ccsc2)CC1. The van der Waals surface area contributed by atoms with Gasteiger partial charge in [0.25, 0.3) is 5.91 Å². The van der Waals surface area contributed by atoms with Crippen molar-refractivity contribution in [2.75, 3.05) is 39.9 Å². The maximum Gasteiger partial charge on any atom is 0.254 e. The Balaban J connectivity index is 1.83. The van der Waals surface area contributed by atoms with Crippen LogP contribution in [0, 0.1) is 0 Å². The third-order valence-electron chi connectivity index (χ3n) is 3.60. The number of nitrogens with zero attached hydrogens (tertiary/aromatic N) is 2. The quantitative estimate of drug-likeness (QED) is 0.854. The normalized spacial score (nSPS) is 16.9. The number of ether oxygens (including phenoxy) is 1. The smallest absolute Gasteiger partial charge is 0.254 e. The number of piperazine rings is 1. The van der Waals surface area contributed by atoms with Crippen molar-refractivity contribution >= 4 is 23.2 Å². The number of hydrogen-bond donors (Lipinski definition) is 1. The molecule has 1 saturated heterocycles. The molecule has 1 unspecified atom stereocenters. The Kier molecular flexibility index (Phi) is 5.72. The highest BCUT2D eigenvalue weighted by Gasteiger charge is 2.27. The largest absolute Gasteiger partial charge is 0.385 e. The lowest BCUT2D eigenvalue weighted by Crippen LogP contribution is -2.54. The molecule has 2 rings (SSSR count). The second kappa shape index (κ2) is 7.53. The summed E-state index contributed by atoms with van der Waals surface area (Å²) in [5.41, 5.74) is 6.57. The van der Waals surface area contributed by atoms with E-state index in [2.05, 4.69) is 0 Å². The molecule has 1 aliphatic rings. The molecule has 0 spiro atoms. The summed E-state index contributed by atoms with van der Waals surface area (Å²) in [7, 11) is 1.59. The molecule has 6 nitrogen and oxygen atoms in total. The van der Waals surface area contributed by atoms with E-state index in [1.165, 1.54) is 11.3 Å². The molecule has 2 amide bonds. The lowest BCUT2D eigenvalue weighted by atomic mass is 10.1. The monoisotopic (exact) mass is 311 g/mol. The first-order valence-electron chi connectivity index (χ1n) is 6.98. The summed E-state index contributed by atoms with van der Waals surface area (Å²) in [6.07, 6.45) is 0.517. The predicted molar refractivity (Wildman–Crippen MR) is 81.3 cm³/mol. The van der Waals surface area contributed by atoms with Crippen molar-refractivity contribution in [2.45, 2.75) is 12.5 Å². The number of thiophene rings is 1. The van der Waals surface area contributed by atoms with Gasteiger partial charge >= 0.3 is 0 Å². The molecule has 1 aliphatic heterocycles. The summed E-state index contributed by atoms with van der Waals surface area (Å²) >= 11 is 1.51. The minimum Gasteiger partial charge on any atom is -0.385 e. The van der Waals surface area contributed by atoms with Gasteiger partial charge < -0.3 is 20.3 Å². The molecule has 0 aromatic carbocycles. The summed E-state index contributed by atoms with van der Waals surface area (Å²) in [4.78, 5) is 27.9. The topological polar surface area (TPSA) is 75.9 Å². The van der Waals surface area contributed by atoms with Crippen molar-refractivity contribution in [1.29, 1.82) is 0 Å². The molecule has 116 valence electrons. The molecule has 7 heteroatoms. The number of methoxy groups -OCH3 is 1. The van der Waals surface area contributed by atoms with Gasteiger partial charge in [0.05, 0.1) is 11.6 Å². The second-order valence-electron chi connectivity index (χ2n) is 5.02. The Morgan fingerprint density at radius 2 is 2.00 bits per heavy atom. The highest BCUT2D eigenvalue weighted by atomic mass is 32.1. The van der Waals surface area contributed by atoms with E-state index in [-0.39, 0.29) is 11.8 Å². The summed E-state index contributed by atoms with van der Waals surface area (Å²) in [6.45, 7) is 2.66. The lowest BCUT2D eigenvalue weighted by molar-refractivity contribution is -0.134. The maximum absolute atomic E-state index is 12.2. The van der Waals surface area contributed by atoms with Crippen LogP contribution >= 0.6 is 11.3 Å². The molecule has 0 aliphatic carbocycles. The molecular formula is C14H21N3O3S. The third-order valence-corrected chi connectivity index (χ3v) is 4.28. The first-order valence-corrected chi connectivity index (χ1v) is 7.92. The van der Waals surface area contributed by atoms with Gasteiger partial charge in [-0.25, -0.2) is 0 Å². The number of carbonyl (C=O) groups excluding carboxylic acids is 2. The van der Waals surface area contributed by atoms with Gasteiger partial charge in [-0.2, -0.15) is 11.3 Å². The van der Waals surface area contributed by atoms with Crippen molar-refractivity contribution in [3.63, 3.8) is 0 Å². The highest BCUT2D eigenvalue weighted by Crippen LogP contribution is 2.12. The third kappa shape index (κ3) is 4.03. The second-order valence-corrected chi connectivity index (χ2v) is 5.80. The van der Waals surface area contributed by atoms with Gasteiger partial charge in [0, 0.05) is 45.3 Å². The van der Waals surface area contributed by atoms with Crippen LogP contribution in [0.2, 0.25) is 0 Å².